The number of hydrogen-bond donors (Lipinski definition) is 1. The van der Waals surface area contributed by atoms with E-state index in [2.05, 4.69) is 37.7 Å². The number of fused-ring (bicyclic) bond motifs is 3. The highest BCUT2D eigenvalue weighted by Crippen LogP contribution is 2.32. The quantitative estimate of drug-likeness (QED) is 0.329. The molecule has 10 heteroatoms. The molecule has 0 bridgehead atoms. The van der Waals surface area contributed by atoms with Crippen molar-refractivity contribution in [3.63, 3.8) is 0 Å². The van der Waals surface area contributed by atoms with Crippen molar-refractivity contribution in [3.05, 3.63) is 95.6 Å². The molecule has 0 unspecified atom stereocenters. The van der Waals surface area contributed by atoms with E-state index in [4.69, 9.17) is 4.74 Å². The average molecular weight is 478 g/mol. The van der Waals surface area contributed by atoms with Crippen molar-refractivity contribution in [1.82, 2.24) is 30.1 Å². The Hall–Kier alpha value is -4.05. The Morgan fingerprint density at radius 3 is 2.37 bits per heavy atom. The zero-order chi connectivity index (χ0) is 24.3. The third-order valence-corrected chi connectivity index (χ3v) is 5.44. The number of hydrogen-bond acceptors (Lipinski definition) is 6. The zero-order valence-electron chi connectivity index (χ0n) is 18.5. The Bertz CT molecular complexity index is 1450. The summed E-state index contributed by atoms with van der Waals surface area (Å²) >= 11 is 0. The van der Waals surface area contributed by atoms with E-state index in [-0.39, 0.29) is 18.1 Å². The second-order valence-corrected chi connectivity index (χ2v) is 7.93. The number of pyridine rings is 1. The molecule has 0 saturated carbocycles. The lowest BCUT2D eigenvalue weighted by atomic mass is 10.1. The van der Waals surface area contributed by atoms with E-state index in [9.17, 15) is 13.2 Å². The molecule has 178 valence electrons. The first-order valence-electron chi connectivity index (χ1n) is 11.0. The molecule has 0 aliphatic carbocycles. The van der Waals surface area contributed by atoms with Crippen molar-refractivity contribution in [1.29, 1.82) is 0 Å². The molecule has 5 aromatic rings. The summed E-state index contributed by atoms with van der Waals surface area (Å²) in [6.45, 7) is 1.44. The van der Waals surface area contributed by atoms with E-state index in [0.29, 0.717) is 27.5 Å². The topological polar surface area (TPSA) is 77.2 Å². The van der Waals surface area contributed by atoms with Crippen LogP contribution in [0.5, 0.6) is 5.88 Å². The van der Waals surface area contributed by atoms with Gasteiger partial charge in [-0.2, -0.15) is 17.7 Å². The van der Waals surface area contributed by atoms with Crippen molar-refractivity contribution < 1.29 is 17.9 Å². The van der Waals surface area contributed by atoms with Crippen LogP contribution in [-0.2, 0) is 25.7 Å². The molecule has 0 aliphatic heterocycles. The number of rotatable bonds is 8. The fourth-order valence-corrected chi connectivity index (χ4v) is 3.78. The van der Waals surface area contributed by atoms with Crippen LogP contribution >= 0.6 is 0 Å². The standard InChI is InChI=1S/C25H21F3N6O/c26-25(27,28)24-32-31-22-20-11-4-5-12-21(20)23(33-34(22)24)35-16-19-10-6-9-18(30-19)15-29-14-13-17-7-2-1-3-8-17/h1-12,29H,13-16H2. The maximum atomic E-state index is 13.4. The van der Waals surface area contributed by atoms with Gasteiger partial charge < -0.3 is 10.1 Å². The van der Waals surface area contributed by atoms with Gasteiger partial charge >= 0.3 is 6.18 Å². The lowest BCUT2D eigenvalue weighted by molar-refractivity contribution is -0.146. The van der Waals surface area contributed by atoms with Gasteiger partial charge in [-0.1, -0.05) is 54.6 Å². The fraction of sp³-hybridized carbons (Fsp3) is 0.200. The summed E-state index contributed by atoms with van der Waals surface area (Å²) in [6.07, 6.45) is -3.79. The maximum absolute atomic E-state index is 13.4. The Morgan fingerprint density at radius 1 is 0.829 bits per heavy atom. The van der Waals surface area contributed by atoms with Crippen molar-refractivity contribution in [2.75, 3.05) is 6.54 Å². The Labute approximate surface area is 198 Å². The Morgan fingerprint density at radius 2 is 1.57 bits per heavy atom. The van der Waals surface area contributed by atoms with Crippen molar-refractivity contribution in [3.8, 4) is 5.88 Å². The normalized spacial score (nSPS) is 11.9. The van der Waals surface area contributed by atoms with Crippen LogP contribution in [0.15, 0.2) is 72.8 Å². The van der Waals surface area contributed by atoms with Gasteiger partial charge in [0.1, 0.15) is 6.61 Å². The van der Waals surface area contributed by atoms with Gasteiger partial charge in [-0.05, 0) is 36.7 Å². The van der Waals surface area contributed by atoms with Gasteiger partial charge in [0.25, 0.3) is 5.82 Å². The van der Waals surface area contributed by atoms with Crippen molar-refractivity contribution in [2.24, 2.45) is 0 Å². The Balaban J connectivity index is 1.31. The predicted molar refractivity (Wildman–Crippen MR) is 124 cm³/mol. The number of nitrogens with one attached hydrogen (secondary N) is 1. The molecule has 0 spiro atoms. The van der Waals surface area contributed by atoms with Gasteiger partial charge in [-0.3, -0.25) is 4.98 Å². The zero-order valence-corrected chi connectivity index (χ0v) is 18.5. The highest BCUT2D eigenvalue weighted by molar-refractivity contribution is 5.96. The summed E-state index contributed by atoms with van der Waals surface area (Å²) in [7, 11) is 0. The third-order valence-electron chi connectivity index (χ3n) is 5.44. The van der Waals surface area contributed by atoms with Crippen LogP contribution in [0.1, 0.15) is 22.8 Å². The summed E-state index contributed by atoms with van der Waals surface area (Å²) in [5.74, 6) is -1.16. The van der Waals surface area contributed by atoms with Gasteiger partial charge in [0.15, 0.2) is 5.65 Å². The molecular formula is C25H21F3N6O. The van der Waals surface area contributed by atoms with Crippen LogP contribution in [-0.4, -0.2) is 31.3 Å². The van der Waals surface area contributed by atoms with Gasteiger partial charge in [0.2, 0.25) is 5.88 Å². The molecule has 0 radical (unpaired) electrons. The van der Waals surface area contributed by atoms with E-state index in [1.165, 1.54) is 5.56 Å². The molecule has 1 N–H and O–H groups in total. The molecule has 0 aliphatic rings. The van der Waals surface area contributed by atoms with Crippen LogP contribution in [0, 0.1) is 0 Å². The smallest absolute Gasteiger partial charge is 0.453 e. The summed E-state index contributed by atoms with van der Waals surface area (Å²) in [5.41, 5.74) is 2.75. The van der Waals surface area contributed by atoms with Gasteiger partial charge in [-0.15, -0.1) is 15.3 Å². The van der Waals surface area contributed by atoms with E-state index in [1.54, 1.807) is 30.3 Å². The molecule has 2 aromatic carbocycles. The number of aromatic nitrogens is 5. The van der Waals surface area contributed by atoms with Crippen LogP contribution < -0.4 is 10.1 Å². The minimum absolute atomic E-state index is 0.0157. The van der Waals surface area contributed by atoms with E-state index in [1.807, 2.05) is 30.3 Å². The lowest BCUT2D eigenvalue weighted by Gasteiger charge is -2.11. The van der Waals surface area contributed by atoms with E-state index in [0.717, 1.165) is 18.7 Å². The first-order chi connectivity index (χ1) is 17.0. The minimum Gasteiger partial charge on any atom is -0.470 e. The maximum Gasteiger partial charge on any atom is 0.453 e. The summed E-state index contributed by atoms with van der Waals surface area (Å²) < 4.78 is 46.7. The molecule has 0 amide bonds. The average Bonchev–Trinajstić information content (AvgIpc) is 3.31. The number of alkyl halides is 3. The predicted octanol–water partition coefficient (Wildman–Crippen LogP) is 4.60. The summed E-state index contributed by atoms with van der Waals surface area (Å²) in [4.78, 5) is 4.59. The molecule has 3 heterocycles. The summed E-state index contributed by atoms with van der Waals surface area (Å²) in [5, 5.41) is 15.4. The first kappa shape index (κ1) is 22.7. The molecule has 3 aromatic heterocycles. The Kier molecular flexibility index (Phi) is 6.28. The largest absolute Gasteiger partial charge is 0.470 e. The SMILES string of the molecule is FC(F)(F)c1nnc2c3ccccc3c(OCc3cccc(CNCCc4ccccc4)n3)nn12. The van der Waals surface area contributed by atoms with E-state index >= 15 is 0 Å². The molecule has 35 heavy (non-hydrogen) atoms. The second kappa shape index (κ2) is 9.67. The lowest BCUT2D eigenvalue weighted by Crippen LogP contribution is -2.18. The van der Waals surface area contributed by atoms with Crippen molar-refractivity contribution in [2.45, 2.75) is 25.7 Å². The number of halogens is 3. The number of ether oxygens (including phenoxy) is 1. The fourth-order valence-electron chi connectivity index (χ4n) is 3.78. The second-order valence-electron chi connectivity index (χ2n) is 7.93. The van der Waals surface area contributed by atoms with Gasteiger partial charge in [0, 0.05) is 17.3 Å². The van der Waals surface area contributed by atoms with Gasteiger partial charge in [-0.25, -0.2) is 0 Å². The van der Waals surface area contributed by atoms with Crippen molar-refractivity contribution >= 4 is 16.4 Å². The highest BCUT2D eigenvalue weighted by Gasteiger charge is 2.38. The van der Waals surface area contributed by atoms with Crippen LogP contribution in [0.3, 0.4) is 0 Å². The monoisotopic (exact) mass is 478 g/mol. The number of nitrogens with zero attached hydrogens (tertiary/aromatic N) is 5. The molecule has 5 rings (SSSR count). The van der Waals surface area contributed by atoms with Crippen LogP contribution in [0.2, 0.25) is 0 Å². The van der Waals surface area contributed by atoms with E-state index < -0.39 is 12.0 Å². The molecule has 0 atom stereocenters. The highest BCUT2D eigenvalue weighted by atomic mass is 19.4. The van der Waals surface area contributed by atoms with Crippen LogP contribution in [0.4, 0.5) is 13.2 Å². The molecule has 0 fully saturated rings. The third kappa shape index (κ3) is 5.07. The number of benzene rings is 2. The first-order valence-corrected chi connectivity index (χ1v) is 11.0. The molecule has 0 saturated heterocycles. The van der Waals surface area contributed by atoms with Crippen LogP contribution in [0.25, 0.3) is 16.4 Å². The molecular weight excluding hydrogens is 457 g/mol. The summed E-state index contributed by atoms with van der Waals surface area (Å²) in [6, 6.07) is 22.6. The minimum atomic E-state index is -4.70. The van der Waals surface area contributed by atoms with Gasteiger partial charge in [0.05, 0.1) is 11.4 Å². The molecule has 7 nitrogen and oxygen atoms in total.